The van der Waals surface area contributed by atoms with Crippen LogP contribution in [-0.4, -0.2) is 32.0 Å². The molecule has 2 unspecified atom stereocenters. The Balaban J connectivity index is 4.22. The van der Waals surface area contributed by atoms with Crippen LogP contribution >= 0.6 is 0 Å². The molecule has 0 aromatic heterocycles. The Bertz CT molecular complexity index is 173. The predicted octanol–water partition coefficient (Wildman–Crippen LogP) is 3.12. The Kier molecular flexibility index (Phi) is 7.76. The Morgan fingerprint density at radius 2 is 1.81 bits per heavy atom. The highest BCUT2D eigenvalue weighted by Crippen LogP contribution is 2.24. The third-order valence-electron chi connectivity index (χ3n) is 2.53. The van der Waals surface area contributed by atoms with Crippen molar-refractivity contribution in [2.45, 2.75) is 57.9 Å². The van der Waals surface area contributed by atoms with Gasteiger partial charge >= 0.3 is 6.18 Å². The van der Waals surface area contributed by atoms with Gasteiger partial charge in [0.15, 0.2) is 0 Å². The number of ether oxygens (including phenoxy) is 1. The average molecular weight is 241 g/mol. The summed E-state index contributed by atoms with van der Waals surface area (Å²) in [5.74, 6) is 0. The zero-order valence-corrected chi connectivity index (χ0v) is 10.2. The smallest absolute Gasteiger partial charge is 0.380 e. The van der Waals surface area contributed by atoms with Crippen molar-refractivity contribution in [3.63, 3.8) is 0 Å². The van der Waals surface area contributed by atoms with Gasteiger partial charge in [-0.1, -0.05) is 20.3 Å². The van der Waals surface area contributed by atoms with Gasteiger partial charge in [0.05, 0.1) is 6.10 Å². The van der Waals surface area contributed by atoms with E-state index in [4.69, 9.17) is 4.74 Å². The molecule has 0 aliphatic rings. The molecule has 1 N–H and O–H groups in total. The zero-order chi connectivity index (χ0) is 12.6. The molecule has 0 spiro atoms. The normalized spacial score (nSPS) is 16.1. The van der Waals surface area contributed by atoms with Crippen molar-refractivity contribution in [2.75, 3.05) is 13.7 Å². The summed E-state index contributed by atoms with van der Waals surface area (Å²) in [7, 11) is 1.55. The van der Waals surface area contributed by atoms with Crippen LogP contribution in [0.15, 0.2) is 0 Å². The highest BCUT2D eigenvalue weighted by Gasteiger charge is 2.30. The zero-order valence-electron chi connectivity index (χ0n) is 10.2. The van der Waals surface area contributed by atoms with Crippen molar-refractivity contribution in [3.05, 3.63) is 0 Å². The molecular formula is C11H22F3NO. The molecule has 0 heterocycles. The minimum Gasteiger partial charge on any atom is -0.380 e. The molecule has 0 fully saturated rings. The van der Waals surface area contributed by atoms with E-state index < -0.39 is 12.6 Å². The first-order chi connectivity index (χ1) is 7.44. The Morgan fingerprint density at radius 3 is 2.19 bits per heavy atom. The van der Waals surface area contributed by atoms with Gasteiger partial charge < -0.3 is 10.1 Å². The van der Waals surface area contributed by atoms with Crippen LogP contribution in [0.1, 0.15) is 39.5 Å². The van der Waals surface area contributed by atoms with E-state index in [0.717, 1.165) is 12.8 Å². The average Bonchev–Trinajstić information content (AvgIpc) is 2.20. The first-order valence-electron chi connectivity index (χ1n) is 5.77. The monoisotopic (exact) mass is 241 g/mol. The van der Waals surface area contributed by atoms with Crippen LogP contribution in [0.3, 0.4) is 0 Å². The summed E-state index contributed by atoms with van der Waals surface area (Å²) in [6.07, 6.45) is -3.20. The van der Waals surface area contributed by atoms with E-state index in [1.165, 1.54) is 0 Å². The van der Waals surface area contributed by atoms with Gasteiger partial charge in [0.2, 0.25) is 0 Å². The number of methoxy groups -OCH3 is 1. The third-order valence-corrected chi connectivity index (χ3v) is 2.53. The number of hydrogen-bond acceptors (Lipinski definition) is 2. The molecule has 0 saturated heterocycles. The lowest BCUT2D eigenvalue weighted by atomic mass is 10.0. The van der Waals surface area contributed by atoms with Crippen LogP contribution in [0.2, 0.25) is 0 Å². The molecule has 2 atom stereocenters. The maximum atomic E-state index is 12.1. The molecule has 0 rings (SSSR count). The fraction of sp³-hybridized carbons (Fsp3) is 1.00. The van der Waals surface area contributed by atoms with Crippen molar-refractivity contribution in [1.82, 2.24) is 5.32 Å². The number of likely N-dealkylation sites (N-methyl/N-ethyl adjacent to an activating group) is 1. The van der Waals surface area contributed by atoms with Crippen molar-refractivity contribution < 1.29 is 17.9 Å². The molecule has 0 saturated carbocycles. The molecule has 0 aliphatic heterocycles. The predicted molar refractivity (Wildman–Crippen MR) is 58.5 cm³/mol. The topological polar surface area (TPSA) is 21.3 Å². The number of halogens is 3. The summed E-state index contributed by atoms with van der Waals surface area (Å²) >= 11 is 0. The molecule has 0 amide bonds. The lowest BCUT2D eigenvalue weighted by Crippen LogP contribution is -2.41. The van der Waals surface area contributed by atoms with Crippen LogP contribution in [0.25, 0.3) is 0 Å². The molecule has 0 aliphatic carbocycles. The van der Waals surface area contributed by atoms with Crippen LogP contribution in [0, 0.1) is 0 Å². The van der Waals surface area contributed by atoms with Crippen molar-refractivity contribution in [1.29, 1.82) is 0 Å². The van der Waals surface area contributed by atoms with E-state index in [-0.39, 0.29) is 18.6 Å². The standard InChI is InChI=1S/C11H22F3NO/c1-4-6-10(16-3)9(15-5-2)7-8-11(12,13)14/h9-10,15H,4-8H2,1-3H3. The Morgan fingerprint density at radius 1 is 1.19 bits per heavy atom. The van der Waals surface area contributed by atoms with Gasteiger partial charge in [0.1, 0.15) is 0 Å². The summed E-state index contributed by atoms with van der Waals surface area (Å²) in [5.41, 5.74) is 0. The Hall–Kier alpha value is -0.290. The second kappa shape index (κ2) is 7.90. The van der Waals surface area contributed by atoms with E-state index in [2.05, 4.69) is 5.32 Å². The fourth-order valence-electron chi connectivity index (χ4n) is 1.77. The first-order valence-corrected chi connectivity index (χ1v) is 5.77. The maximum Gasteiger partial charge on any atom is 0.389 e. The molecule has 0 radical (unpaired) electrons. The largest absolute Gasteiger partial charge is 0.389 e. The van der Waals surface area contributed by atoms with E-state index >= 15 is 0 Å². The lowest BCUT2D eigenvalue weighted by Gasteiger charge is -2.27. The van der Waals surface area contributed by atoms with Gasteiger partial charge in [-0.15, -0.1) is 0 Å². The molecular weight excluding hydrogens is 219 g/mol. The van der Waals surface area contributed by atoms with Gasteiger partial charge in [-0.3, -0.25) is 0 Å². The van der Waals surface area contributed by atoms with E-state index in [9.17, 15) is 13.2 Å². The number of alkyl halides is 3. The van der Waals surface area contributed by atoms with Crippen LogP contribution < -0.4 is 5.32 Å². The third kappa shape index (κ3) is 7.06. The van der Waals surface area contributed by atoms with E-state index in [0.29, 0.717) is 6.54 Å². The SMILES string of the molecule is CCCC(OC)C(CCC(F)(F)F)NCC. The second-order valence-electron chi connectivity index (χ2n) is 3.88. The molecule has 5 heteroatoms. The number of nitrogens with one attached hydrogen (secondary N) is 1. The number of rotatable bonds is 8. The summed E-state index contributed by atoms with van der Waals surface area (Å²) < 4.78 is 41.7. The summed E-state index contributed by atoms with van der Waals surface area (Å²) in [6.45, 7) is 4.55. The summed E-state index contributed by atoms with van der Waals surface area (Å²) in [5, 5.41) is 3.07. The molecule has 2 nitrogen and oxygen atoms in total. The van der Waals surface area contributed by atoms with Crippen LogP contribution in [0.4, 0.5) is 13.2 Å². The van der Waals surface area contributed by atoms with Crippen LogP contribution in [0.5, 0.6) is 0 Å². The van der Waals surface area contributed by atoms with Crippen LogP contribution in [-0.2, 0) is 4.74 Å². The minimum atomic E-state index is -4.09. The highest BCUT2D eigenvalue weighted by atomic mass is 19.4. The minimum absolute atomic E-state index is 0.0792. The fourth-order valence-corrected chi connectivity index (χ4v) is 1.77. The molecule has 0 aromatic carbocycles. The van der Waals surface area contributed by atoms with Crippen molar-refractivity contribution in [2.24, 2.45) is 0 Å². The van der Waals surface area contributed by atoms with Crippen molar-refractivity contribution in [3.8, 4) is 0 Å². The summed E-state index contributed by atoms with van der Waals surface area (Å²) in [6, 6.07) is -0.212. The highest BCUT2D eigenvalue weighted by molar-refractivity contribution is 4.77. The molecule has 16 heavy (non-hydrogen) atoms. The van der Waals surface area contributed by atoms with E-state index in [1.807, 2.05) is 13.8 Å². The Labute approximate surface area is 95.5 Å². The molecule has 0 aromatic rings. The van der Waals surface area contributed by atoms with Gasteiger partial charge in [-0.2, -0.15) is 13.2 Å². The maximum absolute atomic E-state index is 12.1. The lowest BCUT2D eigenvalue weighted by molar-refractivity contribution is -0.138. The van der Waals surface area contributed by atoms with Gasteiger partial charge in [0.25, 0.3) is 0 Å². The first kappa shape index (κ1) is 15.7. The number of hydrogen-bond donors (Lipinski definition) is 1. The quantitative estimate of drug-likeness (QED) is 0.705. The van der Waals surface area contributed by atoms with Gasteiger partial charge in [-0.25, -0.2) is 0 Å². The second-order valence-corrected chi connectivity index (χ2v) is 3.88. The van der Waals surface area contributed by atoms with Crippen molar-refractivity contribution >= 4 is 0 Å². The van der Waals surface area contributed by atoms with E-state index in [1.54, 1.807) is 7.11 Å². The molecule has 0 bridgehead atoms. The van der Waals surface area contributed by atoms with Gasteiger partial charge in [-0.05, 0) is 19.4 Å². The molecule has 98 valence electrons. The van der Waals surface area contributed by atoms with Gasteiger partial charge in [0, 0.05) is 19.6 Å². The summed E-state index contributed by atoms with van der Waals surface area (Å²) in [4.78, 5) is 0.